The Labute approximate surface area is 92.0 Å². The lowest BCUT2D eigenvalue weighted by atomic mass is 10.0. The van der Waals surface area contributed by atoms with Gasteiger partial charge in [-0.05, 0) is 23.3 Å². The van der Waals surface area contributed by atoms with Crippen molar-refractivity contribution < 1.29 is 18.6 Å². The lowest BCUT2D eigenvalue weighted by Crippen LogP contribution is -2.33. The molecule has 0 spiro atoms. The maximum Gasteiger partial charge on any atom is 0.159 e. The molecular formula is C11H13F2NO2. The Bertz CT molecular complexity index is 378. The van der Waals surface area contributed by atoms with Crippen LogP contribution in [0.2, 0.25) is 0 Å². The fourth-order valence-corrected chi connectivity index (χ4v) is 1.81. The van der Waals surface area contributed by atoms with Gasteiger partial charge in [0.2, 0.25) is 0 Å². The maximum atomic E-state index is 13.1. The predicted octanol–water partition coefficient (Wildman–Crippen LogP) is 1.12. The van der Waals surface area contributed by atoms with E-state index in [2.05, 4.69) is 5.32 Å². The Morgan fingerprint density at radius 1 is 1.38 bits per heavy atom. The highest BCUT2D eigenvalue weighted by molar-refractivity contribution is 5.31. The van der Waals surface area contributed by atoms with Gasteiger partial charge in [-0.1, -0.05) is 0 Å². The van der Waals surface area contributed by atoms with E-state index in [9.17, 15) is 8.78 Å². The third-order valence-electron chi connectivity index (χ3n) is 2.63. The fourth-order valence-electron chi connectivity index (χ4n) is 1.81. The predicted molar refractivity (Wildman–Crippen MR) is 53.8 cm³/mol. The average molecular weight is 229 g/mol. The number of aliphatic hydroxyl groups is 1. The molecule has 0 aromatic heterocycles. The van der Waals surface area contributed by atoms with Crippen molar-refractivity contribution in [3.63, 3.8) is 0 Å². The largest absolute Gasteiger partial charge is 0.392 e. The van der Waals surface area contributed by atoms with Crippen molar-refractivity contribution in [3.05, 3.63) is 34.9 Å². The summed E-state index contributed by atoms with van der Waals surface area (Å²) in [5, 5.41) is 12.2. The van der Waals surface area contributed by atoms with Crippen LogP contribution in [0, 0.1) is 11.6 Å². The number of morpholine rings is 1. The maximum absolute atomic E-state index is 13.1. The van der Waals surface area contributed by atoms with E-state index in [4.69, 9.17) is 9.84 Å². The Balaban J connectivity index is 2.33. The lowest BCUT2D eigenvalue weighted by Gasteiger charge is -2.25. The highest BCUT2D eigenvalue weighted by Gasteiger charge is 2.20. The highest BCUT2D eigenvalue weighted by atomic mass is 19.2. The molecule has 1 aliphatic heterocycles. The summed E-state index contributed by atoms with van der Waals surface area (Å²) in [7, 11) is 0. The van der Waals surface area contributed by atoms with E-state index in [-0.39, 0.29) is 12.7 Å². The molecule has 0 radical (unpaired) electrons. The molecule has 2 rings (SSSR count). The minimum atomic E-state index is -0.948. The first-order chi connectivity index (χ1) is 7.72. The first-order valence-corrected chi connectivity index (χ1v) is 5.13. The number of ether oxygens (including phenoxy) is 1. The smallest absolute Gasteiger partial charge is 0.159 e. The van der Waals surface area contributed by atoms with E-state index in [0.29, 0.717) is 24.3 Å². The van der Waals surface area contributed by atoms with Crippen LogP contribution in [0.4, 0.5) is 8.78 Å². The molecule has 1 aromatic carbocycles. The van der Waals surface area contributed by atoms with Crippen LogP contribution in [0.5, 0.6) is 0 Å². The number of nitrogens with one attached hydrogen (secondary N) is 1. The SMILES string of the molecule is OCc1cc(F)c(F)cc1C1CNCCO1. The molecule has 0 bridgehead atoms. The van der Waals surface area contributed by atoms with Gasteiger partial charge in [-0.25, -0.2) is 8.78 Å². The van der Waals surface area contributed by atoms with Crippen molar-refractivity contribution in [3.8, 4) is 0 Å². The van der Waals surface area contributed by atoms with Crippen molar-refractivity contribution in [1.29, 1.82) is 0 Å². The molecule has 3 nitrogen and oxygen atoms in total. The van der Waals surface area contributed by atoms with Gasteiger partial charge in [0.05, 0.1) is 19.3 Å². The number of rotatable bonds is 2. The number of halogens is 2. The zero-order chi connectivity index (χ0) is 11.5. The molecule has 1 fully saturated rings. The molecule has 16 heavy (non-hydrogen) atoms. The second-order valence-corrected chi connectivity index (χ2v) is 3.69. The number of hydrogen-bond donors (Lipinski definition) is 2. The van der Waals surface area contributed by atoms with Crippen LogP contribution in [0.15, 0.2) is 12.1 Å². The Morgan fingerprint density at radius 2 is 2.12 bits per heavy atom. The first kappa shape index (κ1) is 11.4. The quantitative estimate of drug-likeness (QED) is 0.798. The van der Waals surface area contributed by atoms with Crippen molar-refractivity contribution in [2.75, 3.05) is 19.7 Å². The summed E-state index contributed by atoms with van der Waals surface area (Å²) in [6.07, 6.45) is -0.328. The summed E-state index contributed by atoms with van der Waals surface area (Å²) in [5.41, 5.74) is 0.876. The van der Waals surface area contributed by atoms with E-state index in [1.807, 2.05) is 0 Å². The second-order valence-electron chi connectivity index (χ2n) is 3.69. The van der Waals surface area contributed by atoms with E-state index >= 15 is 0 Å². The average Bonchev–Trinajstić information content (AvgIpc) is 2.33. The van der Waals surface area contributed by atoms with Crippen LogP contribution >= 0.6 is 0 Å². The number of hydrogen-bond acceptors (Lipinski definition) is 3. The minimum absolute atomic E-state index is 0.327. The Kier molecular flexibility index (Phi) is 3.48. The van der Waals surface area contributed by atoms with Gasteiger partial charge in [-0.2, -0.15) is 0 Å². The van der Waals surface area contributed by atoms with Gasteiger partial charge in [0, 0.05) is 13.1 Å². The highest BCUT2D eigenvalue weighted by Crippen LogP contribution is 2.25. The third kappa shape index (κ3) is 2.21. The van der Waals surface area contributed by atoms with Crippen LogP contribution < -0.4 is 5.32 Å². The van der Waals surface area contributed by atoms with E-state index in [0.717, 1.165) is 18.7 Å². The standard InChI is InChI=1S/C11H13F2NO2/c12-9-3-7(6-15)8(4-10(9)13)11-5-14-1-2-16-11/h3-4,11,14-15H,1-2,5-6H2. The van der Waals surface area contributed by atoms with Gasteiger partial charge >= 0.3 is 0 Å². The van der Waals surface area contributed by atoms with E-state index in [1.165, 1.54) is 0 Å². The molecule has 1 aromatic rings. The summed E-state index contributed by atoms with van der Waals surface area (Å²) in [6, 6.07) is 2.11. The summed E-state index contributed by atoms with van der Waals surface area (Å²) in [6.45, 7) is 1.48. The third-order valence-corrected chi connectivity index (χ3v) is 2.63. The Morgan fingerprint density at radius 3 is 2.75 bits per heavy atom. The molecular weight excluding hydrogens is 216 g/mol. The van der Waals surface area contributed by atoms with Crippen LogP contribution in [0.25, 0.3) is 0 Å². The van der Waals surface area contributed by atoms with Gasteiger partial charge in [0.25, 0.3) is 0 Å². The molecule has 0 saturated carbocycles. The van der Waals surface area contributed by atoms with Crippen molar-refractivity contribution in [2.24, 2.45) is 0 Å². The van der Waals surface area contributed by atoms with Gasteiger partial charge in [-0.3, -0.25) is 0 Å². The van der Waals surface area contributed by atoms with Crippen LogP contribution in [-0.2, 0) is 11.3 Å². The molecule has 2 N–H and O–H groups in total. The number of aliphatic hydroxyl groups excluding tert-OH is 1. The molecule has 1 atom stereocenters. The van der Waals surface area contributed by atoms with E-state index < -0.39 is 11.6 Å². The summed E-state index contributed by atoms with van der Waals surface area (Å²) in [4.78, 5) is 0. The van der Waals surface area contributed by atoms with Crippen molar-refractivity contribution >= 4 is 0 Å². The molecule has 0 amide bonds. The van der Waals surface area contributed by atoms with Crippen LogP contribution in [0.3, 0.4) is 0 Å². The van der Waals surface area contributed by atoms with Crippen LogP contribution in [-0.4, -0.2) is 24.8 Å². The minimum Gasteiger partial charge on any atom is -0.392 e. The summed E-state index contributed by atoms with van der Waals surface area (Å²) in [5.74, 6) is -1.86. The molecule has 5 heteroatoms. The van der Waals surface area contributed by atoms with Gasteiger partial charge in [0.1, 0.15) is 0 Å². The monoisotopic (exact) mass is 229 g/mol. The summed E-state index contributed by atoms with van der Waals surface area (Å²) >= 11 is 0. The zero-order valence-corrected chi connectivity index (χ0v) is 8.67. The van der Waals surface area contributed by atoms with E-state index in [1.54, 1.807) is 0 Å². The molecule has 1 aliphatic rings. The lowest BCUT2D eigenvalue weighted by molar-refractivity contribution is 0.0262. The normalized spacial score (nSPS) is 21.1. The van der Waals surface area contributed by atoms with Gasteiger partial charge < -0.3 is 15.2 Å². The molecule has 1 saturated heterocycles. The molecule has 88 valence electrons. The summed E-state index contributed by atoms with van der Waals surface area (Å²) < 4.78 is 31.5. The topological polar surface area (TPSA) is 41.5 Å². The first-order valence-electron chi connectivity index (χ1n) is 5.13. The van der Waals surface area contributed by atoms with Crippen LogP contribution in [0.1, 0.15) is 17.2 Å². The fraction of sp³-hybridized carbons (Fsp3) is 0.455. The van der Waals surface area contributed by atoms with Crippen molar-refractivity contribution in [1.82, 2.24) is 5.32 Å². The van der Waals surface area contributed by atoms with Crippen molar-refractivity contribution in [2.45, 2.75) is 12.7 Å². The zero-order valence-electron chi connectivity index (χ0n) is 8.67. The molecule has 1 unspecified atom stereocenters. The van der Waals surface area contributed by atoms with Gasteiger partial charge in [-0.15, -0.1) is 0 Å². The molecule has 0 aliphatic carbocycles. The molecule has 1 heterocycles. The second kappa shape index (κ2) is 4.86. The number of benzene rings is 1. The van der Waals surface area contributed by atoms with Gasteiger partial charge in [0.15, 0.2) is 11.6 Å². The Hall–Kier alpha value is -1.04.